The standard InChI is InChI=1S/C25H22FNO4/c1-17(25(30)31-16-22(28)18-12-14-21(26)15-13-18)27-24(29)23(19-8-4-2-5-9-19)20-10-6-3-7-11-20/h2-15,17,23H,16H2,1H3,(H,27,29)/t17-/m0/s1. The Morgan fingerprint density at radius 2 is 1.35 bits per heavy atom. The van der Waals surface area contributed by atoms with Gasteiger partial charge in [-0.25, -0.2) is 9.18 Å². The van der Waals surface area contributed by atoms with Crippen LogP contribution in [0.25, 0.3) is 0 Å². The Morgan fingerprint density at radius 1 is 0.839 bits per heavy atom. The maximum Gasteiger partial charge on any atom is 0.328 e. The van der Waals surface area contributed by atoms with Gasteiger partial charge in [-0.15, -0.1) is 0 Å². The van der Waals surface area contributed by atoms with Crippen LogP contribution in [0, 0.1) is 5.82 Å². The largest absolute Gasteiger partial charge is 0.456 e. The van der Waals surface area contributed by atoms with Crippen LogP contribution in [-0.4, -0.2) is 30.3 Å². The lowest BCUT2D eigenvalue weighted by molar-refractivity contribution is -0.146. The molecular weight excluding hydrogens is 397 g/mol. The van der Waals surface area contributed by atoms with Crippen LogP contribution >= 0.6 is 0 Å². The van der Waals surface area contributed by atoms with Gasteiger partial charge in [-0.05, 0) is 42.3 Å². The minimum atomic E-state index is -0.955. The van der Waals surface area contributed by atoms with Crippen molar-refractivity contribution in [2.24, 2.45) is 0 Å². The molecule has 1 N–H and O–H groups in total. The van der Waals surface area contributed by atoms with Gasteiger partial charge in [-0.1, -0.05) is 60.7 Å². The van der Waals surface area contributed by atoms with Crippen molar-refractivity contribution in [3.63, 3.8) is 0 Å². The molecule has 0 unspecified atom stereocenters. The van der Waals surface area contributed by atoms with E-state index in [0.717, 1.165) is 23.3 Å². The predicted molar refractivity (Wildman–Crippen MR) is 114 cm³/mol. The average molecular weight is 419 g/mol. The first kappa shape index (κ1) is 21.9. The Balaban J connectivity index is 1.64. The SMILES string of the molecule is C[C@H](NC(=O)C(c1ccccc1)c1ccccc1)C(=O)OCC(=O)c1ccc(F)cc1. The summed E-state index contributed by atoms with van der Waals surface area (Å²) in [7, 11) is 0. The number of carbonyl (C=O) groups is 3. The summed E-state index contributed by atoms with van der Waals surface area (Å²) in [5.41, 5.74) is 1.82. The van der Waals surface area contributed by atoms with E-state index in [1.807, 2.05) is 60.7 Å². The molecule has 3 aromatic rings. The molecule has 5 nitrogen and oxygen atoms in total. The predicted octanol–water partition coefficient (Wildman–Crippen LogP) is 3.89. The van der Waals surface area contributed by atoms with Crippen molar-refractivity contribution in [1.29, 1.82) is 0 Å². The van der Waals surface area contributed by atoms with Gasteiger partial charge in [-0.2, -0.15) is 0 Å². The van der Waals surface area contributed by atoms with Crippen LogP contribution in [0.5, 0.6) is 0 Å². The van der Waals surface area contributed by atoms with Crippen LogP contribution < -0.4 is 5.32 Å². The maximum atomic E-state index is 13.0. The Labute approximate surface area is 179 Å². The lowest BCUT2D eigenvalue weighted by Crippen LogP contribution is -2.42. The average Bonchev–Trinajstić information content (AvgIpc) is 2.79. The summed E-state index contributed by atoms with van der Waals surface area (Å²) in [5, 5.41) is 2.67. The summed E-state index contributed by atoms with van der Waals surface area (Å²) < 4.78 is 18.0. The number of nitrogens with one attached hydrogen (secondary N) is 1. The third-order valence-corrected chi connectivity index (χ3v) is 4.75. The topological polar surface area (TPSA) is 72.5 Å². The van der Waals surface area contributed by atoms with E-state index in [-0.39, 0.29) is 11.5 Å². The first-order valence-electron chi connectivity index (χ1n) is 9.81. The zero-order valence-electron chi connectivity index (χ0n) is 17.0. The minimum Gasteiger partial charge on any atom is -0.456 e. The molecule has 0 radical (unpaired) electrons. The van der Waals surface area contributed by atoms with Gasteiger partial charge >= 0.3 is 5.97 Å². The zero-order chi connectivity index (χ0) is 22.2. The highest BCUT2D eigenvalue weighted by Gasteiger charge is 2.26. The number of Topliss-reactive ketones (excluding diaryl/α,β-unsaturated/α-hetero) is 1. The second kappa shape index (κ2) is 10.3. The van der Waals surface area contributed by atoms with E-state index < -0.39 is 36.1 Å². The molecule has 3 rings (SSSR count). The normalized spacial score (nSPS) is 11.6. The number of benzene rings is 3. The fraction of sp³-hybridized carbons (Fsp3) is 0.160. The number of hydrogen-bond donors (Lipinski definition) is 1. The number of esters is 1. The van der Waals surface area contributed by atoms with E-state index in [1.165, 1.54) is 19.1 Å². The molecule has 0 spiro atoms. The summed E-state index contributed by atoms with van der Waals surface area (Å²) in [5.74, 6) is -2.61. The summed E-state index contributed by atoms with van der Waals surface area (Å²) in [6, 6.07) is 22.5. The van der Waals surface area contributed by atoms with Crippen molar-refractivity contribution < 1.29 is 23.5 Å². The van der Waals surface area contributed by atoms with E-state index in [0.29, 0.717) is 0 Å². The highest BCUT2D eigenvalue weighted by molar-refractivity contribution is 5.98. The third kappa shape index (κ3) is 5.85. The van der Waals surface area contributed by atoms with Crippen molar-refractivity contribution in [3.8, 4) is 0 Å². The quantitative estimate of drug-likeness (QED) is 0.444. The van der Waals surface area contributed by atoms with Crippen LogP contribution in [-0.2, 0) is 14.3 Å². The Morgan fingerprint density at radius 3 is 1.87 bits per heavy atom. The van der Waals surface area contributed by atoms with Crippen molar-refractivity contribution in [2.75, 3.05) is 6.61 Å². The highest BCUT2D eigenvalue weighted by Crippen LogP contribution is 2.24. The minimum absolute atomic E-state index is 0.235. The molecule has 0 aromatic heterocycles. The fourth-order valence-corrected chi connectivity index (χ4v) is 3.12. The van der Waals surface area contributed by atoms with Crippen LogP contribution in [0.2, 0.25) is 0 Å². The van der Waals surface area contributed by atoms with Crippen LogP contribution in [0.3, 0.4) is 0 Å². The molecule has 1 amide bonds. The molecule has 0 saturated heterocycles. The van der Waals surface area contributed by atoms with Gasteiger partial charge in [0.15, 0.2) is 12.4 Å². The van der Waals surface area contributed by atoms with Crippen LogP contribution in [0.1, 0.15) is 34.3 Å². The monoisotopic (exact) mass is 419 g/mol. The molecule has 0 heterocycles. The van der Waals surface area contributed by atoms with Gasteiger partial charge in [-0.3, -0.25) is 9.59 Å². The second-order valence-electron chi connectivity index (χ2n) is 7.02. The Bertz CT molecular complexity index is 997. The molecule has 158 valence electrons. The number of ether oxygens (including phenoxy) is 1. The molecule has 1 atom stereocenters. The van der Waals surface area contributed by atoms with Crippen LogP contribution in [0.15, 0.2) is 84.9 Å². The molecular formula is C25H22FNO4. The van der Waals surface area contributed by atoms with E-state index in [9.17, 15) is 18.8 Å². The molecule has 0 saturated carbocycles. The maximum absolute atomic E-state index is 13.0. The Hall–Kier alpha value is -3.80. The number of hydrogen-bond acceptors (Lipinski definition) is 4. The van der Waals surface area contributed by atoms with E-state index >= 15 is 0 Å². The summed E-state index contributed by atoms with van der Waals surface area (Å²) >= 11 is 0. The molecule has 0 aliphatic carbocycles. The Kier molecular flexibility index (Phi) is 7.27. The number of carbonyl (C=O) groups excluding carboxylic acids is 3. The van der Waals surface area contributed by atoms with Crippen LogP contribution in [0.4, 0.5) is 4.39 Å². The van der Waals surface area contributed by atoms with E-state index in [2.05, 4.69) is 5.32 Å². The lowest BCUT2D eigenvalue weighted by Gasteiger charge is -2.20. The van der Waals surface area contributed by atoms with E-state index in [4.69, 9.17) is 4.74 Å². The lowest BCUT2D eigenvalue weighted by atomic mass is 9.90. The number of halogens is 1. The molecule has 31 heavy (non-hydrogen) atoms. The first-order valence-corrected chi connectivity index (χ1v) is 9.81. The van der Waals surface area contributed by atoms with Gasteiger partial charge in [0.05, 0.1) is 5.92 Å². The second-order valence-corrected chi connectivity index (χ2v) is 7.02. The molecule has 0 bridgehead atoms. The molecule has 0 aliphatic heterocycles. The summed E-state index contributed by atoms with van der Waals surface area (Å²) in [6.45, 7) is 1.00. The van der Waals surface area contributed by atoms with E-state index in [1.54, 1.807) is 0 Å². The molecule has 3 aromatic carbocycles. The van der Waals surface area contributed by atoms with Gasteiger partial charge in [0, 0.05) is 5.56 Å². The molecule has 6 heteroatoms. The van der Waals surface area contributed by atoms with Gasteiger partial charge in [0.2, 0.25) is 5.91 Å². The van der Waals surface area contributed by atoms with Crippen molar-refractivity contribution in [2.45, 2.75) is 18.9 Å². The summed E-state index contributed by atoms with van der Waals surface area (Å²) in [4.78, 5) is 37.4. The highest BCUT2D eigenvalue weighted by atomic mass is 19.1. The third-order valence-electron chi connectivity index (χ3n) is 4.75. The van der Waals surface area contributed by atoms with Crippen molar-refractivity contribution in [3.05, 3.63) is 107 Å². The number of amides is 1. The van der Waals surface area contributed by atoms with Gasteiger partial charge in [0.25, 0.3) is 0 Å². The fourth-order valence-electron chi connectivity index (χ4n) is 3.12. The van der Waals surface area contributed by atoms with Gasteiger partial charge in [0.1, 0.15) is 11.9 Å². The molecule has 0 aliphatic rings. The molecule has 0 fully saturated rings. The van der Waals surface area contributed by atoms with Crippen molar-refractivity contribution >= 4 is 17.7 Å². The number of ketones is 1. The first-order chi connectivity index (χ1) is 15.0. The number of rotatable bonds is 8. The zero-order valence-corrected chi connectivity index (χ0v) is 17.0. The van der Waals surface area contributed by atoms with Gasteiger partial charge < -0.3 is 10.1 Å². The summed E-state index contributed by atoms with van der Waals surface area (Å²) in [6.07, 6.45) is 0. The van der Waals surface area contributed by atoms with Crippen molar-refractivity contribution in [1.82, 2.24) is 5.32 Å². The smallest absolute Gasteiger partial charge is 0.328 e.